The van der Waals surface area contributed by atoms with Crippen molar-refractivity contribution < 1.29 is 5.11 Å². The van der Waals surface area contributed by atoms with Gasteiger partial charge >= 0.3 is 0 Å². The van der Waals surface area contributed by atoms with Crippen LogP contribution in [0.15, 0.2) is 58.9 Å². The zero-order chi connectivity index (χ0) is 17.5. The van der Waals surface area contributed by atoms with Crippen LogP contribution in [0.4, 0.5) is 17.3 Å². The molecule has 8 heteroatoms. The lowest BCUT2D eigenvalue weighted by Gasteiger charge is -2.21. The predicted octanol–water partition coefficient (Wildman–Crippen LogP) is 3.10. The number of hydrogen-bond acceptors (Lipinski definition) is 7. The van der Waals surface area contributed by atoms with Crippen molar-refractivity contribution in [3.63, 3.8) is 0 Å². The summed E-state index contributed by atoms with van der Waals surface area (Å²) in [7, 11) is 0. The van der Waals surface area contributed by atoms with Crippen LogP contribution in [0.5, 0.6) is 0 Å². The summed E-state index contributed by atoms with van der Waals surface area (Å²) >= 11 is 0. The molecule has 0 unspecified atom stereocenters. The lowest BCUT2D eigenvalue weighted by atomic mass is 10.2. The van der Waals surface area contributed by atoms with Gasteiger partial charge in [0.15, 0.2) is 5.82 Å². The molecule has 0 saturated carbocycles. The number of aromatic nitrogens is 4. The van der Waals surface area contributed by atoms with Crippen molar-refractivity contribution in [1.82, 2.24) is 20.2 Å². The Morgan fingerprint density at radius 2 is 1.96 bits per heavy atom. The van der Waals surface area contributed by atoms with Crippen molar-refractivity contribution in [2.45, 2.75) is 6.92 Å². The van der Waals surface area contributed by atoms with Gasteiger partial charge in [-0.1, -0.05) is 6.07 Å². The van der Waals surface area contributed by atoms with Crippen LogP contribution in [0, 0.1) is 0 Å². The molecule has 1 aromatic carbocycles. The summed E-state index contributed by atoms with van der Waals surface area (Å²) in [6.45, 7) is 3.60. The number of azo groups is 1. The number of nitrogens with one attached hydrogen (secondary N) is 1. The number of H-pyrrole nitrogens is 1. The van der Waals surface area contributed by atoms with E-state index in [1.165, 1.54) is 0 Å². The molecule has 0 aliphatic heterocycles. The van der Waals surface area contributed by atoms with E-state index in [0.717, 1.165) is 12.2 Å². The number of anilines is 1. The second-order valence-electron chi connectivity index (χ2n) is 5.22. The fourth-order valence-electron chi connectivity index (χ4n) is 2.34. The molecule has 0 amide bonds. The minimum absolute atomic E-state index is 0.124. The second-order valence-corrected chi connectivity index (χ2v) is 5.22. The van der Waals surface area contributed by atoms with E-state index >= 15 is 0 Å². The number of aliphatic hydroxyl groups is 1. The fourth-order valence-corrected chi connectivity index (χ4v) is 2.34. The maximum atomic E-state index is 9.08. The van der Waals surface area contributed by atoms with E-state index in [1.54, 1.807) is 6.20 Å². The van der Waals surface area contributed by atoms with Gasteiger partial charge in [-0.2, -0.15) is 4.98 Å². The predicted molar refractivity (Wildman–Crippen MR) is 95.2 cm³/mol. The summed E-state index contributed by atoms with van der Waals surface area (Å²) in [5.41, 5.74) is 2.43. The Hall–Kier alpha value is -3.13. The lowest BCUT2D eigenvalue weighted by molar-refractivity contribution is 0.302. The molecule has 0 radical (unpaired) electrons. The summed E-state index contributed by atoms with van der Waals surface area (Å²) in [5, 5.41) is 24.1. The zero-order valence-corrected chi connectivity index (χ0v) is 13.9. The van der Waals surface area contributed by atoms with E-state index in [-0.39, 0.29) is 12.6 Å². The van der Waals surface area contributed by atoms with Crippen LogP contribution >= 0.6 is 0 Å². The Labute approximate surface area is 145 Å². The highest BCUT2D eigenvalue weighted by Gasteiger charge is 2.06. The number of pyridine rings is 1. The molecule has 2 N–H and O–H groups in total. The van der Waals surface area contributed by atoms with E-state index in [4.69, 9.17) is 5.11 Å². The molecule has 2 aromatic heterocycles. The second kappa shape index (κ2) is 8.11. The summed E-state index contributed by atoms with van der Waals surface area (Å²) in [4.78, 5) is 10.5. The smallest absolute Gasteiger partial charge is 0.287 e. The van der Waals surface area contributed by atoms with Crippen LogP contribution in [-0.2, 0) is 0 Å². The molecule has 8 nitrogen and oxygen atoms in total. The first-order valence-corrected chi connectivity index (χ1v) is 8.01. The Balaban J connectivity index is 1.69. The van der Waals surface area contributed by atoms with Gasteiger partial charge in [-0.25, -0.2) is 0 Å². The number of rotatable bonds is 7. The summed E-state index contributed by atoms with van der Waals surface area (Å²) in [6.07, 6.45) is 1.69. The Kier molecular flexibility index (Phi) is 5.43. The Morgan fingerprint density at radius 1 is 1.12 bits per heavy atom. The third-order valence-electron chi connectivity index (χ3n) is 3.60. The van der Waals surface area contributed by atoms with Crippen LogP contribution in [0.2, 0.25) is 0 Å². The molecular formula is C17H19N7O. The largest absolute Gasteiger partial charge is 0.395 e. The van der Waals surface area contributed by atoms with Gasteiger partial charge in [0.1, 0.15) is 5.69 Å². The third kappa shape index (κ3) is 4.24. The molecule has 0 saturated heterocycles. The van der Waals surface area contributed by atoms with Crippen molar-refractivity contribution >= 4 is 17.3 Å². The van der Waals surface area contributed by atoms with Crippen LogP contribution in [0.25, 0.3) is 11.5 Å². The van der Waals surface area contributed by atoms with Crippen molar-refractivity contribution in [3.05, 3.63) is 48.7 Å². The molecule has 0 aliphatic rings. The maximum absolute atomic E-state index is 9.08. The van der Waals surface area contributed by atoms with Crippen molar-refractivity contribution in [2.75, 3.05) is 24.6 Å². The standard InChI is InChI=1S/C17H19N7O/c1-2-24(11-12-25)14-8-6-13(7-9-14)20-22-17-19-16(21-23-17)15-5-3-4-10-18-15/h3-10,25H,2,11-12H2,1H3,(H,19,21,23). The highest BCUT2D eigenvalue weighted by atomic mass is 16.3. The molecule has 0 aliphatic carbocycles. The van der Waals surface area contributed by atoms with Crippen molar-refractivity contribution in [2.24, 2.45) is 10.2 Å². The first-order valence-electron chi connectivity index (χ1n) is 8.01. The molecular weight excluding hydrogens is 318 g/mol. The minimum atomic E-state index is 0.124. The number of aromatic amines is 1. The Morgan fingerprint density at radius 3 is 2.64 bits per heavy atom. The number of aliphatic hydroxyl groups excluding tert-OH is 1. The molecule has 0 fully saturated rings. The quantitative estimate of drug-likeness (QED) is 0.645. The molecule has 25 heavy (non-hydrogen) atoms. The SMILES string of the molecule is CCN(CCO)c1ccc(N=Nc2n[nH]c(-c3ccccn3)n2)cc1. The maximum Gasteiger partial charge on any atom is 0.287 e. The zero-order valence-electron chi connectivity index (χ0n) is 13.9. The normalized spacial score (nSPS) is 11.1. The van der Waals surface area contributed by atoms with Gasteiger partial charge in [-0.3, -0.25) is 10.1 Å². The number of likely N-dealkylation sites (N-methyl/N-ethyl adjacent to an activating group) is 1. The van der Waals surface area contributed by atoms with Gasteiger partial charge < -0.3 is 10.0 Å². The van der Waals surface area contributed by atoms with Gasteiger partial charge in [0.25, 0.3) is 5.95 Å². The molecule has 0 bridgehead atoms. The van der Waals surface area contributed by atoms with Crippen molar-refractivity contribution in [1.29, 1.82) is 0 Å². The average Bonchev–Trinajstić information content (AvgIpc) is 3.15. The summed E-state index contributed by atoms with van der Waals surface area (Å²) in [6, 6.07) is 13.2. The van der Waals surface area contributed by atoms with E-state index in [1.807, 2.05) is 49.4 Å². The number of benzene rings is 1. The van der Waals surface area contributed by atoms with Crippen molar-refractivity contribution in [3.8, 4) is 11.5 Å². The topological polar surface area (TPSA) is 103 Å². The molecule has 3 rings (SSSR count). The van der Waals surface area contributed by atoms with Crippen LogP contribution in [0.3, 0.4) is 0 Å². The molecule has 128 valence electrons. The molecule has 0 atom stereocenters. The highest BCUT2D eigenvalue weighted by molar-refractivity contribution is 5.53. The van der Waals surface area contributed by atoms with Crippen LogP contribution < -0.4 is 4.90 Å². The highest BCUT2D eigenvalue weighted by Crippen LogP contribution is 2.21. The lowest BCUT2D eigenvalue weighted by Crippen LogP contribution is -2.25. The molecule has 3 aromatic rings. The first-order chi connectivity index (χ1) is 12.3. The first kappa shape index (κ1) is 16.7. The van der Waals surface area contributed by atoms with Gasteiger partial charge in [0, 0.05) is 25.0 Å². The minimum Gasteiger partial charge on any atom is -0.395 e. The summed E-state index contributed by atoms with van der Waals surface area (Å²) < 4.78 is 0. The Bertz CT molecular complexity index is 815. The van der Waals surface area contributed by atoms with Gasteiger partial charge in [-0.15, -0.1) is 15.3 Å². The van der Waals surface area contributed by atoms with E-state index in [9.17, 15) is 0 Å². The van der Waals surface area contributed by atoms with Gasteiger partial charge in [-0.05, 0) is 43.3 Å². The third-order valence-corrected chi connectivity index (χ3v) is 3.60. The van der Waals surface area contributed by atoms with E-state index < -0.39 is 0 Å². The van der Waals surface area contributed by atoms with Gasteiger partial charge in [0.2, 0.25) is 0 Å². The number of nitrogens with zero attached hydrogens (tertiary/aromatic N) is 6. The summed E-state index contributed by atoms with van der Waals surface area (Å²) in [5.74, 6) is 0.799. The van der Waals surface area contributed by atoms with Crippen LogP contribution in [0.1, 0.15) is 6.92 Å². The van der Waals surface area contributed by atoms with E-state index in [0.29, 0.717) is 23.8 Å². The van der Waals surface area contributed by atoms with Gasteiger partial charge in [0.05, 0.1) is 12.3 Å². The fraction of sp³-hybridized carbons (Fsp3) is 0.235. The monoisotopic (exact) mass is 337 g/mol. The van der Waals surface area contributed by atoms with Crippen LogP contribution in [-0.4, -0.2) is 45.0 Å². The average molecular weight is 337 g/mol. The molecule has 0 spiro atoms. The number of hydrogen-bond donors (Lipinski definition) is 2. The van der Waals surface area contributed by atoms with E-state index in [2.05, 4.69) is 35.3 Å². The molecule has 2 heterocycles.